The SMILES string of the molecule is COc1ccc(OC)c(C2C(=C(O)c3ccccc3)C(=N)N(c3ccc(Br)cc3)C3=C2C(=O)CC(C)(C)C3)c1. The van der Waals surface area contributed by atoms with Gasteiger partial charge in [0.2, 0.25) is 0 Å². The third kappa shape index (κ3) is 4.87. The highest BCUT2D eigenvalue weighted by atomic mass is 79.9. The van der Waals surface area contributed by atoms with E-state index in [-0.39, 0.29) is 22.8 Å². The van der Waals surface area contributed by atoms with Gasteiger partial charge in [-0.05, 0) is 54.3 Å². The van der Waals surface area contributed by atoms with Crippen LogP contribution in [0.25, 0.3) is 5.76 Å². The molecule has 39 heavy (non-hydrogen) atoms. The fourth-order valence-corrected chi connectivity index (χ4v) is 5.88. The van der Waals surface area contributed by atoms with E-state index in [9.17, 15) is 15.3 Å². The third-order valence-corrected chi connectivity index (χ3v) is 7.89. The van der Waals surface area contributed by atoms with Crippen molar-refractivity contribution >= 4 is 39.0 Å². The van der Waals surface area contributed by atoms with Gasteiger partial charge >= 0.3 is 0 Å². The Labute approximate surface area is 237 Å². The molecule has 3 aromatic carbocycles. The van der Waals surface area contributed by atoms with Crippen molar-refractivity contribution in [2.45, 2.75) is 32.6 Å². The second kappa shape index (κ2) is 10.4. The molecule has 2 N–H and O–H groups in total. The number of hydrogen-bond donors (Lipinski definition) is 2. The molecule has 0 radical (unpaired) electrons. The first-order valence-corrected chi connectivity index (χ1v) is 13.6. The molecule has 1 atom stereocenters. The molecule has 1 heterocycles. The van der Waals surface area contributed by atoms with Gasteiger partial charge in [0.25, 0.3) is 0 Å². The predicted molar refractivity (Wildman–Crippen MR) is 158 cm³/mol. The highest BCUT2D eigenvalue weighted by Crippen LogP contribution is 2.53. The number of aliphatic hydroxyl groups excluding tert-OH is 1. The Hall–Kier alpha value is -3.84. The van der Waals surface area contributed by atoms with Crippen molar-refractivity contribution in [2.75, 3.05) is 19.1 Å². The highest BCUT2D eigenvalue weighted by molar-refractivity contribution is 9.10. The van der Waals surface area contributed by atoms with Gasteiger partial charge in [-0.3, -0.25) is 15.1 Å². The number of Topliss-reactive ketones (excluding diaryl/α,β-unsaturated/α-hetero) is 1. The number of carbonyl (C=O) groups excluding carboxylic acids is 1. The lowest BCUT2D eigenvalue weighted by Crippen LogP contribution is -2.45. The predicted octanol–water partition coefficient (Wildman–Crippen LogP) is 7.66. The van der Waals surface area contributed by atoms with E-state index < -0.39 is 5.92 Å². The van der Waals surface area contributed by atoms with Gasteiger partial charge in [0, 0.05) is 44.6 Å². The Kier molecular flexibility index (Phi) is 7.12. The fourth-order valence-electron chi connectivity index (χ4n) is 5.62. The van der Waals surface area contributed by atoms with Crippen LogP contribution in [0.15, 0.2) is 94.1 Å². The van der Waals surface area contributed by atoms with Crippen molar-refractivity contribution in [1.82, 2.24) is 0 Å². The number of nitrogens with zero attached hydrogens (tertiary/aromatic N) is 1. The van der Waals surface area contributed by atoms with Crippen molar-refractivity contribution in [3.05, 3.63) is 105 Å². The van der Waals surface area contributed by atoms with E-state index in [4.69, 9.17) is 9.47 Å². The maximum Gasteiger partial charge on any atom is 0.162 e. The van der Waals surface area contributed by atoms with E-state index in [1.807, 2.05) is 53.4 Å². The number of amidine groups is 1. The minimum Gasteiger partial charge on any atom is -0.507 e. The quantitative estimate of drug-likeness (QED) is 0.300. The third-order valence-electron chi connectivity index (χ3n) is 7.36. The van der Waals surface area contributed by atoms with Crippen LogP contribution in [-0.4, -0.2) is 30.9 Å². The Morgan fingerprint density at radius 3 is 2.33 bits per heavy atom. The molecular formula is C32H31BrN2O4. The maximum absolute atomic E-state index is 14.1. The number of rotatable bonds is 5. The number of allylic oxidation sites excluding steroid dienone is 2. The summed E-state index contributed by atoms with van der Waals surface area (Å²) >= 11 is 3.50. The van der Waals surface area contributed by atoms with E-state index in [0.29, 0.717) is 46.6 Å². The molecule has 2 aliphatic rings. The molecule has 0 saturated heterocycles. The number of anilines is 1. The van der Waals surface area contributed by atoms with Crippen LogP contribution in [0.5, 0.6) is 11.5 Å². The smallest absolute Gasteiger partial charge is 0.162 e. The van der Waals surface area contributed by atoms with E-state index in [0.717, 1.165) is 15.9 Å². The van der Waals surface area contributed by atoms with Gasteiger partial charge < -0.3 is 14.6 Å². The average molecular weight is 588 g/mol. The topological polar surface area (TPSA) is 82.8 Å². The van der Waals surface area contributed by atoms with E-state index in [1.165, 1.54) is 0 Å². The summed E-state index contributed by atoms with van der Waals surface area (Å²) in [7, 11) is 3.16. The molecular weight excluding hydrogens is 556 g/mol. The molecule has 7 heteroatoms. The number of benzene rings is 3. The van der Waals surface area contributed by atoms with Gasteiger partial charge in [0.15, 0.2) is 5.78 Å². The number of methoxy groups -OCH3 is 2. The Morgan fingerprint density at radius 2 is 1.69 bits per heavy atom. The first kappa shape index (κ1) is 26.8. The molecule has 0 bridgehead atoms. The Morgan fingerprint density at radius 1 is 1.00 bits per heavy atom. The standard InChI is InChI=1S/C32H31BrN2O4/c1-32(2)17-24-28(25(36)18-32)27(23-16-22(38-3)14-15-26(23)39-4)29(30(37)19-8-6-5-7-9-19)31(34)35(24)21-12-10-20(33)11-13-21/h5-16,27,34,37H,17-18H2,1-4H3. The van der Waals surface area contributed by atoms with Gasteiger partial charge in [-0.1, -0.05) is 60.1 Å². The Bertz CT molecular complexity index is 1510. The van der Waals surface area contributed by atoms with Crippen LogP contribution in [0.3, 0.4) is 0 Å². The van der Waals surface area contributed by atoms with Crippen molar-refractivity contribution < 1.29 is 19.4 Å². The second-order valence-corrected chi connectivity index (χ2v) is 11.5. The highest BCUT2D eigenvalue weighted by Gasteiger charge is 2.47. The minimum atomic E-state index is -0.729. The number of ether oxygens (including phenoxy) is 2. The zero-order valence-corrected chi connectivity index (χ0v) is 24.0. The summed E-state index contributed by atoms with van der Waals surface area (Å²) in [6.45, 7) is 4.15. The zero-order chi connectivity index (χ0) is 27.9. The van der Waals surface area contributed by atoms with E-state index in [1.54, 1.807) is 38.5 Å². The largest absolute Gasteiger partial charge is 0.507 e. The lowest BCUT2D eigenvalue weighted by Gasteiger charge is -2.45. The molecule has 1 aliphatic carbocycles. The van der Waals surface area contributed by atoms with Crippen LogP contribution in [0.1, 0.15) is 43.7 Å². The Balaban J connectivity index is 1.89. The lowest BCUT2D eigenvalue weighted by atomic mass is 9.67. The van der Waals surface area contributed by atoms with Crippen molar-refractivity contribution in [3.8, 4) is 11.5 Å². The molecule has 0 amide bonds. The molecule has 0 fully saturated rings. The first-order valence-electron chi connectivity index (χ1n) is 12.8. The number of halogens is 1. The van der Waals surface area contributed by atoms with Crippen molar-refractivity contribution in [1.29, 1.82) is 5.41 Å². The minimum absolute atomic E-state index is 0.0101. The molecule has 6 nitrogen and oxygen atoms in total. The summed E-state index contributed by atoms with van der Waals surface area (Å²) in [4.78, 5) is 15.9. The van der Waals surface area contributed by atoms with E-state index in [2.05, 4.69) is 29.8 Å². The van der Waals surface area contributed by atoms with Gasteiger partial charge in [-0.15, -0.1) is 0 Å². The van der Waals surface area contributed by atoms with Crippen LogP contribution in [-0.2, 0) is 4.79 Å². The summed E-state index contributed by atoms with van der Waals surface area (Å²) in [6, 6.07) is 22.2. The molecule has 0 spiro atoms. The van der Waals surface area contributed by atoms with Gasteiger partial charge in [0.1, 0.15) is 23.1 Å². The van der Waals surface area contributed by atoms with Crippen molar-refractivity contribution in [2.24, 2.45) is 5.41 Å². The summed E-state index contributed by atoms with van der Waals surface area (Å²) in [5.74, 6) is 0.460. The summed E-state index contributed by atoms with van der Waals surface area (Å²) < 4.78 is 12.2. The molecule has 200 valence electrons. The zero-order valence-electron chi connectivity index (χ0n) is 22.4. The molecule has 0 saturated carbocycles. The van der Waals surface area contributed by atoms with Crippen LogP contribution >= 0.6 is 15.9 Å². The molecule has 0 aromatic heterocycles. The van der Waals surface area contributed by atoms with Gasteiger partial charge in [0.05, 0.1) is 20.1 Å². The molecule has 1 unspecified atom stereocenters. The van der Waals surface area contributed by atoms with Crippen LogP contribution in [0, 0.1) is 10.8 Å². The van der Waals surface area contributed by atoms with E-state index >= 15 is 0 Å². The summed E-state index contributed by atoms with van der Waals surface area (Å²) in [6.07, 6.45) is 0.949. The van der Waals surface area contributed by atoms with Gasteiger partial charge in [-0.2, -0.15) is 0 Å². The lowest BCUT2D eigenvalue weighted by molar-refractivity contribution is -0.118. The van der Waals surface area contributed by atoms with Crippen LogP contribution in [0.2, 0.25) is 0 Å². The fraction of sp³-hybridized carbons (Fsp3) is 0.250. The number of carbonyl (C=O) groups is 1. The summed E-state index contributed by atoms with van der Waals surface area (Å²) in [5.41, 5.74) is 3.34. The molecule has 1 aliphatic heterocycles. The first-order chi connectivity index (χ1) is 18.6. The monoisotopic (exact) mass is 586 g/mol. The summed E-state index contributed by atoms with van der Waals surface area (Å²) in [5, 5.41) is 21.4. The average Bonchev–Trinajstić information content (AvgIpc) is 2.92. The normalized spacial score (nSPS) is 20.0. The van der Waals surface area contributed by atoms with Gasteiger partial charge in [-0.25, -0.2) is 0 Å². The van der Waals surface area contributed by atoms with Crippen LogP contribution in [0.4, 0.5) is 5.69 Å². The van der Waals surface area contributed by atoms with Crippen LogP contribution < -0.4 is 14.4 Å². The number of nitrogens with one attached hydrogen (secondary N) is 1. The molecule has 3 aromatic rings. The number of ketones is 1. The number of hydrogen-bond acceptors (Lipinski definition) is 5. The maximum atomic E-state index is 14.1. The number of aliphatic hydroxyl groups is 1. The second-order valence-electron chi connectivity index (χ2n) is 10.6. The van der Waals surface area contributed by atoms with Crippen molar-refractivity contribution in [3.63, 3.8) is 0 Å². The molecule has 5 rings (SSSR count).